The van der Waals surface area contributed by atoms with Crippen LogP contribution in [0.2, 0.25) is 0 Å². The molecule has 0 unspecified atom stereocenters. The average molecular weight is 311 g/mol. The molecule has 5 heteroatoms. The van der Waals surface area contributed by atoms with Gasteiger partial charge in [-0.05, 0) is 30.3 Å². The fourth-order valence-corrected chi connectivity index (χ4v) is 3.05. The third-order valence-electron chi connectivity index (χ3n) is 4.26. The van der Waals surface area contributed by atoms with E-state index < -0.39 is 0 Å². The summed E-state index contributed by atoms with van der Waals surface area (Å²) in [6, 6.07) is 9.53. The van der Waals surface area contributed by atoms with Gasteiger partial charge in [0.15, 0.2) is 11.6 Å². The van der Waals surface area contributed by atoms with Gasteiger partial charge >= 0.3 is 0 Å². The molecule has 0 amide bonds. The highest BCUT2D eigenvalue weighted by atomic mass is 19.1. The summed E-state index contributed by atoms with van der Waals surface area (Å²) in [5.74, 6) is 0.0847. The van der Waals surface area contributed by atoms with Crippen LogP contribution in [0.1, 0.15) is 11.3 Å². The largest absolute Gasteiger partial charge is 0.485 e. The summed E-state index contributed by atoms with van der Waals surface area (Å²) >= 11 is 0. The van der Waals surface area contributed by atoms with Gasteiger partial charge in [-0.25, -0.2) is 4.39 Å². The molecular formula is C18H18FN3O. The van der Waals surface area contributed by atoms with Crippen LogP contribution in [-0.4, -0.2) is 37.8 Å². The second kappa shape index (κ2) is 6.01. The molecule has 2 aromatic rings. The van der Waals surface area contributed by atoms with E-state index in [0.717, 1.165) is 43.0 Å². The average Bonchev–Trinajstić information content (AvgIpc) is 2.63. The predicted octanol–water partition coefficient (Wildman–Crippen LogP) is 2.56. The molecule has 0 bridgehead atoms. The van der Waals surface area contributed by atoms with Gasteiger partial charge in [-0.1, -0.05) is 6.07 Å². The molecule has 0 spiro atoms. The summed E-state index contributed by atoms with van der Waals surface area (Å²) in [5.41, 5.74) is 3.23. The summed E-state index contributed by atoms with van der Waals surface area (Å²) in [7, 11) is 0. The highest BCUT2D eigenvalue weighted by molar-refractivity contribution is 5.85. The van der Waals surface area contributed by atoms with Gasteiger partial charge < -0.3 is 15.0 Å². The first-order valence-corrected chi connectivity index (χ1v) is 7.86. The Labute approximate surface area is 134 Å². The topological polar surface area (TPSA) is 37.4 Å². The zero-order valence-corrected chi connectivity index (χ0v) is 12.8. The Morgan fingerprint density at radius 2 is 2.00 bits per heavy atom. The number of benzene rings is 1. The van der Waals surface area contributed by atoms with E-state index >= 15 is 0 Å². The molecule has 1 fully saturated rings. The van der Waals surface area contributed by atoms with Crippen LogP contribution in [0.5, 0.6) is 5.75 Å². The molecule has 0 radical (unpaired) electrons. The van der Waals surface area contributed by atoms with Gasteiger partial charge in [-0.15, -0.1) is 0 Å². The number of nitrogens with one attached hydrogen (secondary N) is 1. The van der Waals surface area contributed by atoms with Crippen molar-refractivity contribution in [2.45, 2.75) is 0 Å². The Hall–Kier alpha value is -2.40. The number of halogens is 1. The normalized spacial score (nSPS) is 17.3. The standard InChI is InChI=1S/C18H18FN3O/c19-17-16(22-9-7-20-8-10-22)5-4-13-11-14(12-23-18(13)17)15-3-1-2-6-21-15/h1-6,11,20H,7-10,12H2. The van der Waals surface area contributed by atoms with Crippen LogP contribution in [0, 0.1) is 5.82 Å². The van der Waals surface area contributed by atoms with E-state index in [-0.39, 0.29) is 5.82 Å². The molecule has 118 valence electrons. The number of rotatable bonds is 2. The minimum absolute atomic E-state index is 0.263. The van der Waals surface area contributed by atoms with E-state index in [1.807, 2.05) is 36.4 Å². The molecule has 0 atom stereocenters. The van der Waals surface area contributed by atoms with Crippen molar-refractivity contribution in [1.82, 2.24) is 10.3 Å². The van der Waals surface area contributed by atoms with Gasteiger partial charge in [0.05, 0.1) is 11.4 Å². The summed E-state index contributed by atoms with van der Waals surface area (Å²) in [5, 5.41) is 3.28. The number of fused-ring (bicyclic) bond motifs is 1. The van der Waals surface area contributed by atoms with Crippen molar-refractivity contribution in [3.05, 3.63) is 53.6 Å². The maximum absolute atomic E-state index is 14.8. The summed E-state index contributed by atoms with van der Waals surface area (Å²) < 4.78 is 20.6. The fourth-order valence-electron chi connectivity index (χ4n) is 3.05. The highest BCUT2D eigenvalue weighted by Gasteiger charge is 2.23. The summed E-state index contributed by atoms with van der Waals surface area (Å²) in [6.45, 7) is 3.71. The zero-order valence-electron chi connectivity index (χ0n) is 12.8. The molecule has 0 saturated carbocycles. The molecule has 4 rings (SSSR count). The number of ether oxygens (including phenoxy) is 1. The predicted molar refractivity (Wildman–Crippen MR) is 89.1 cm³/mol. The van der Waals surface area contributed by atoms with Gasteiger partial charge in [0.2, 0.25) is 0 Å². The van der Waals surface area contributed by atoms with Crippen LogP contribution < -0.4 is 15.0 Å². The minimum Gasteiger partial charge on any atom is -0.485 e. The lowest BCUT2D eigenvalue weighted by Gasteiger charge is -2.31. The highest BCUT2D eigenvalue weighted by Crippen LogP contribution is 2.36. The van der Waals surface area contributed by atoms with Crippen LogP contribution in [0.4, 0.5) is 10.1 Å². The van der Waals surface area contributed by atoms with Crippen LogP contribution >= 0.6 is 0 Å². The van der Waals surface area contributed by atoms with Crippen molar-refractivity contribution in [3.63, 3.8) is 0 Å². The van der Waals surface area contributed by atoms with Crippen molar-refractivity contribution >= 4 is 17.3 Å². The van der Waals surface area contributed by atoms with E-state index in [4.69, 9.17) is 4.74 Å². The van der Waals surface area contributed by atoms with Crippen LogP contribution in [0.25, 0.3) is 11.6 Å². The van der Waals surface area contributed by atoms with Crippen molar-refractivity contribution in [2.24, 2.45) is 0 Å². The molecule has 1 saturated heterocycles. The molecule has 4 nitrogen and oxygen atoms in total. The molecular weight excluding hydrogens is 293 g/mol. The number of anilines is 1. The first-order chi connectivity index (χ1) is 11.3. The molecule has 23 heavy (non-hydrogen) atoms. The summed E-state index contributed by atoms with van der Waals surface area (Å²) in [6.07, 6.45) is 3.71. The smallest absolute Gasteiger partial charge is 0.188 e. The van der Waals surface area contributed by atoms with Crippen LogP contribution in [-0.2, 0) is 0 Å². The van der Waals surface area contributed by atoms with Gasteiger partial charge in [-0.3, -0.25) is 4.98 Å². The lowest BCUT2D eigenvalue weighted by Crippen LogP contribution is -2.43. The maximum atomic E-state index is 14.8. The lowest BCUT2D eigenvalue weighted by atomic mass is 10.0. The summed E-state index contributed by atoms with van der Waals surface area (Å²) in [4.78, 5) is 6.39. The quantitative estimate of drug-likeness (QED) is 0.925. The third-order valence-corrected chi connectivity index (χ3v) is 4.26. The van der Waals surface area contributed by atoms with Gasteiger partial charge in [0.25, 0.3) is 0 Å². The van der Waals surface area contributed by atoms with Crippen LogP contribution in [0.15, 0.2) is 36.5 Å². The number of piperazine rings is 1. The van der Waals surface area contributed by atoms with Crippen molar-refractivity contribution in [1.29, 1.82) is 0 Å². The second-order valence-electron chi connectivity index (χ2n) is 5.73. The van der Waals surface area contributed by atoms with Gasteiger partial charge in [0, 0.05) is 43.5 Å². The molecule has 3 heterocycles. The Balaban J connectivity index is 1.68. The number of hydrogen-bond acceptors (Lipinski definition) is 4. The minimum atomic E-state index is -0.263. The third kappa shape index (κ3) is 2.68. The molecule has 1 aromatic heterocycles. The van der Waals surface area contributed by atoms with E-state index in [1.165, 1.54) is 0 Å². The first kappa shape index (κ1) is 14.2. The number of nitrogens with zero attached hydrogens (tertiary/aromatic N) is 2. The monoisotopic (exact) mass is 311 g/mol. The molecule has 2 aliphatic rings. The van der Waals surface area contributed by atoms with Crippen LogP contribution in [0.3, 0.4) is 0 Å². The van der Waals surface area contributed by atoms with Crippen molar-refractivity contribution in [2.75, 3.05) is 37.7 Å². The second-order valence-corrected chi connectivity index (χ2v) is 5.73. The number of pyridine rings is 1. The van der Waals surface area contributed by atoms with Gasteiger partial charge in [-0.2, -0.15) is 0 Å². The van der Waals surface area contributed by atoms with Crippen molar-refractivity contribution in [3.8, 4) is 5.75 Å². The number of hydrogen-bond donors (Lipinski definition) is 1. The Kier molecular flexibility index (Phi) is 3.71. The Morgan fingerprint density at radius 3 is 2.78 bits per heavy atom. The Bertz CT molecular complexity index is 739. The molecule has 0 aliphatic carbocycles. The molecule has 1 N–H and O–H groups in total. The Morgan fingerprint density at radius 1 is 1.13 bits per heavy atom. The molecule has 1 aromatic carbocycles. The SMILES string of the molecule is Fc1c(N2CCNCC2)ccc2c1OCC(c1ccccn1)=C2. The lowest BCUT2D eigenvalue weighted by molar-refractivity contribution is 0.343. The number of aromatic nitrogens is 1. The maximum Gasteiger partial charge on any atom is 0.188 e. The van der Waals surface area contributed by atoms with E-state index in [2.05, 4.69) is 15.2 Å². The first-order valence-electron chi connectivity index (χ1n) is 7.86. The van der Waals surface area contributed by atoms with E-state index in [9.17, 15) is 4.39 Å². The zero-order chi connectivity index (χ0) is 15.6. The van der Waals surface area contributed by atoms with E-state index in [0.29, 0.717) is 18.0 Å². The van der Waals surface area contributed by atoms with E-state index in [1.54, 1.807) is 6.20 Å². The van der Waals surface area contributed by atoms with Gasteiger partial charge in [0.1, 0.15) is 6.61 Å². The van der Waals surface area contributed by atoms with Crippen molar-refractivity contribution < 1.29 is 9.13 Å². The molecule has 2 aliphatic heterocycles. The fraction of sp³-hybridized carbons (Fsp3) is 0.278.